The summed E-state index contributed by atoms with van der Waals surface area (Å²) in [6.45, 7) is 3.09. The van der Waals surface area contributed by atoms with Gasteiger partial charge in [-0.3, -0.25) is 4.79 Å². The topological polar surface area (TPSA) is 40.5 Å². The van der Waals surface area contributed by atoms with Gasteiger partial charge in [-0.05, 0) is 30.5 Å². The largest absolute Gasteiger partial charge is 0.481 e. The number of rotatable bonds is 4. The molecule has 102 valence electrons. The molecule has 0 saturated carbocycles. The van der Waals surface area contributed by atoms with E-state index in [1.807, 2.05) is 11.8 Å². The molecule has 1 aromatic carbocycles. The van der Waals surface area contributed by atoms with Gasteiger partial charge in [-0.15, -0.1) is 11.8 Å². The second kappa shape index (κ2) is 5.55. The first kappa shape index (κ1) is 13.0. The number of hydrogen-bond donors (Lipinski definition) is 1. The minimum Gasteiger partial charge on any atom is -0.481 e. The quantitative estimate of drug-likeness (QED) is 0.918. The molecule has 1 saturated heterocycles. The highest BCUT2D eigenvalue weighted by molar-refractivity contribution is 7.99. The van der Waals surface area contributed by atoms with E-state index in [1.54, 1.807) is 0 Å². The van der Waals surface area contributed by atoms with Gasteiger partial charge in [-0.25, -0.2) is 0 Å². The highest BCUT2D eigenvalue weighted by Crippen LogP contribution is 2.40. The van der Waals surface area contributed by atoms with Gasteiger partial charge in [0.25, 0.3) is 0 Å². The van der Waals surface area contributed by atoms with Crippen LogP contribution in [-0.2, 0) is 4.79 Å². The fourth-order valence-corrected chi connectivity index (χ4v) is 4.43. The van der Waals surface area contributed by atoms with Crippen molar-refractivity contribution < 1.29 is 9.90 Å². The van der Waals surface area contributed by atoms with Gasteiger partial charge in [0.05, 0.1) is 0 Å². The molecule has 0 bridgehead atoms. The third kappa shape index (κ3) is 2.95. The molecule has 3 nitrogen and oxygen atoms in total. The Balaban J connectivity index is 1.58. The van der Waals surface area contributed by atoms with E-state index in [4.69, 9.17) is 5.11 Å². The standard InChI is InChI=1S/C15H19NO2S/c17-15(18)7-11-5-6-16(8-11)9-12-10-19-14-4-2-1-3-13(12)14/h1-4,11-12H,5-10H2,(H,17,18). The smallest absolute Gasteiger partial charge is 0.303 e. The van der Waals surface area contributed by atoms with Crippen molar-refractivity contribution in [1.82, 2.24) is 4.90 Å². The lowest BCUT2D eigenvalue weighted by Crippen LogP contribution is -2.27. The summed E-state index contributed by atoms with van der Waals surface area (Å²) in [6, 6.07) is 8.67. The van der Waals surface area contributed by atoms with Gasteiger partial charge in [0, 0.05) is 36.1 Å². The van der Waals surface area contributed by atoms with E-state index in [2.05, 4.69) is 29.2 Å². The molecule has 2 unspecified atom stereocenters. The van der Waals surface area contributed by atoms with Gasteiger partial charge in [0.15, 0.2) is 0 Å². The van der Waals surface area contributed by atoms with Crippen LogP contribution < -0.4 is 0 Å². The molecule has 0 aromatic heterocycles. The third-order valence-corrected chi connectivity index (χ3v) is 5.36. The van der Waals surface area contributed by atoms with Crippen LogP contribution in [0.3, 0.4) is 0 Å². The summed E-state index contributed by atoms with van der Waals surface area (Å²) in [4.78, 5) is 14.6. The van der Waals surface area contributed by atoms with Gasteiger partial charge in [0.1, 0.15) is 0 Å². The van der Waals surface area contributed by atoms with E-state index in [-0.39, 0.29) is 0 Å². The molecule has 0 amide bonds. The Morgan fingerprint density at radius 2 is 2.26 bits per heavy atom. The van der Waals surface area contributed by atoms with Crippen LogP contribution in [0.4, 0.5) is 0 Å². The third-order valence-electron chi connectivity index (χ3n) is 4.11. The molecule has 1 fully saturated rings. The lowest BCUT2D eigenvalue weighted by atomic mass is 10.0. The zero-order valence-electron chi connectivity index (χ0n) is 10.9. The number of fused-ring (bicyclic) bond motifs is 1. The van der Waals surface area contributed by atoms with Crippen LogP contribution in [0.2, 0.25) is 0 Å². The Morgan fingerprint density at radius 1 is 1.42 bits per heavy atom. The van der Waals surface area contributed by atoms with Crippen LogP contribution in [0.5, 0.6) is 0 Å². The van der Waals surface area contributed by atoms with Crippen molar-refractivity contribution in [3.05, 3.63) is 29.8 Å². The van der Waals surface area contributed by atoms with Crippen molar-refractivity contribution in [2.45, 2.75) is 23.7 Å². The summed E-state index contributed by atoms with van der Waals surface area (Å²) in [5, 5.41) is 8.85. The maximum atomic E-state index is 10.7. The fraction of sp³-hybridized carbons (Fsp3) is 0.533. The Morgan fingerprint density at radius 3 is 3.11 bits per heavy atom. The van der Waals surface area contributed by atoms with Crippen LogP contribution in [0.25, 0.3) is 0 Å². The van der Waals surface area contributed by atoms with Crippen LogP contribution >= 0.6 is 11.8 Å². The van der Waals surface area contributed by atoms with Crippen molar-refractivity contribution in [2.24, 2.45) is 5.92 Å². The lowest BCUT2D eigenvalue weighted by molar-refractivity contribution is -0.138. The van der Waals surface area contributed by atoms with E-state index in [1.165, 1.54) is 16.2 Å². The average molecular weight is 277 g/mol. The number of thioether (sulfide) groups is 1. The van der Waals surface area contributed by atoms with Crippen LogP contribution in [0.1, 0.15) is 24.3 Å². The second-order valence-electron chi connectivity index (χ2n) is 5.56. The van der Waals surface area contributed by atoms with E-state index in [0.717, 1.165) is 26.1 Å². The molecule has 2 heterocycles. The Hall–Kier alpha value is -1.00. The van der Waals surface area contributed by atoms with Crippen molar-refractivity contribution >= 4 is 17.7 Å². The fourth-order valence-electron chi connectivity index (χ4n) is 3.18. The average Bonchev–Trinajstić information content (AvgIpc) is 2.97. The van der Waals surface area contributed by atoms with Gasteiger partial charge in [0.2, 0.25) is 0 Å². The van der Waals surface area contributed by atoms with Crippen LogP contribution in [0, 0.1) is 5.92 Å². The van der Waals surface area contributed by atoms with E-state index in [9.17, 15) is 4.79 Å². The molecule has 1 aromatic rings. The molecular formula is C15H19NO2S. The zero-order chi connectivity index (χ0) is 13.2. The maximum Gasteiger partial charge on any atom is 0.303 e. The number of carbonyl (C=O) groups is 1. The normalized spacial score (nSPS) is 26.5. The second-order valence-corrected chi connectivity index (χ2v) is 6.62. The monoisotopic (exact) mass is 277 g/mol. The van der Waals surface area contributed by atoms with Crippen molar-refractivity contribution in [3.63, 3.8) is 0 Å². The molecule has 2 aliphatic rings. The summed E-state index contributed by atoms with van der Waals surface area (Å²) in [5.41, 5.74) is 1.48. The zero-order valence-corrected chi connectivity index (χ0v) is 11.7. The summed E-state index contributed by atoms with van der Waals surface area (Å²) < 4.78 is 0. The highest BCUT2D eigenvalue weighted by Gasteiger charge is 2.29. The molecule has 4 heteroatoms. The van der Waals surface area contributed by atoms with Gasteiger partial charge >= 0.3 is 5.97 Å². The number of likely N-dealkylation sites (tertiary alicyclic amines) is 1. The SMILES string of the molecule is O=C(O)CC1CCN(CC2CSc3ccccc32)C1. The molecule has 19 heavy (non-hydrogen) atoms. The minimum absolute atomic E-state index is 0.326. The maximum absolute atomic E-state index is 10.7. The van der Waals surface area contributed by atoms with E-state index >= 15 is 0 Å². The van der Waals surface area contributed by atoms with Gasteiger partial charge < -0.3 is 10.0 Å². The molecule has 2 atom stereocenters. The van der Waals surface area contributed by atoms with Gasteiger partial charge in [-0.1, -0.05) is 18.2 Å². The number of benzene rings is 1. The van der Waals surface area contributed by atoms with Crippen LogP contribution in [0.15, 0.2) is 29.2 Å². The number of carboxylic acids is 1. The first-order valence-electron chi connectivity index (χ1n) is 6.88. The Bertz CT molecular complexity index is 477. The summed E-state index contributed by atoms with van der Waals surface area (Å²) in [5.74, 6) is 1.47. The lowest BCUT2D eigenvalue weighted by Gasteiger charge is -2.20. The van der Waals surface area contributed by atoms with E-state index < -0.39 is 5.97 Å². The molecule has 0 radical (unpaired) electrons. The van der Waals surface area contributed by atoms with E-state index in [0.29, 0.717) is 18.3 Å². The number of hydrogen-bond acceptors (Lipinski definition) is 3. The van der Waals surface area contributed by atoms with Crippen molar-refractivity contribution in [1.29, 1.82) is 0 Å². The number of carboxylic acid groups (broad SMARTS) is 1. The number of aliphatic carboxylic acids is 1. The summed E-state index contributed by atoms with van der Waals surface area (Å²) in [6.07, 6.45) is 1.36. The predicted molar refractivity (Wildman–Crippen MR) is 76.7 cm³/mol. The molecule has 2 aliphatic heterocycles. The van der Waals surface area contributed by atoms with Gasteiger partial charge in [-0.2, -0.15) is 0 Å². The first-order valence-corrected chi connectivity index (χ1v) is 7.87. The molecule has 1 N–H and O–H groups in total. The molecular weight excluding hydrogens is 258 g/mol. The predicted octanol–water partition coefficient (Wildman–Crippen LogP) is 2.67. The van der Waals surface area contributed by atoms with Crippen LogP contribution in [-0.4, -0.2) is 41.4 Å². The summed E-state index contributed by atoms with van der Waals surface area (Å²) >= 11 is 1.95. The Labute approximate surface area is 118 Å². The Kier molecular flexibility index (Phi) is 3.80. The first-order chi connectivity index (χ1) is 9.22. The van der Waals surface area contributed by atoms with Crippen molar-refractivity contribution in [3.8, 4) is 0 Å². The summed E-state index contributed by atoms with van der Waals surface area (Å²) in [7, 11) is 0. The number of nitrogens with zero attached hydrogens (tertiary/aromatic N) is 1. The molecule has 0 aliphatic carbocycles. The van der Waals surface area contributed by atoms with Crippen molar-refractivity contribution in [2.75, 3.05) is 25.4 Å². The minimum atomic E-state index is -0.659. The molecule has 0 spiro atoms. The molecule has 3 rings (SSSR count). The highest BCUT2D eigenvalue weighted by atomic mass is 32.2.